The van der Waals surface area contributed by atoms with Gasteiger partial charge in [-0.25, -0.2) is 0 Å². The van der Waals surface area contributed by atoms with E-state index in [4.69, 9.17) is 0 Å². The van der Waals surface area contributed by atoms with E-state index in [0.717, 1.165) is 50.8 Å². The highest BCUT2D eigenvalue weighted by molar-refractivity contribution is 5.90. The average Bonchev–Trinajstić information content (AvgIpc) is 3.54. The number of amides is 2. The summed E-state index contributed by atoms with van der Waals surface area (Å²) >= 11 is 0. The number of hydrogen-bond donors (Lipinski definition) is 3. The molecule has 4 rings (SSSR count). The minimum atomic E-state index is -0.477. The van der Waals surface area contributed by atoms with Crippen molar-refractivity contribution in [2.45, 2.75) is 50.6 Å². The first kappa shape index (κ1) is 16.6. The lowest BCUT2D eigenvalue weighted by atomic mass is 9.91. The number of rotatable bonds is 6. The molecule has 0 bridgehead atoms. The van der Waals surface area contributed by atoms with Gasteiger partial charge >= 0.3 is 0 Å². The molecule has 2 amide bonds. The van der Waals surface area contributed by atoms with Gasteiger partial charge in [0.1, 0.15) is 6.04 Å². The van der Waals surface area contributed by atoms with Crippen molar-refractivity contribution in [3.05, 3.63) is 35.9 Å². The number of piperidine rings is 1. The molecule has 1 aromatic carbocycles. The van der Waals surface area contributed by atoms with E-state index in [0.29, 0.717) is 12.5 Å². The fourth-order valence-electron chi connectivity index (χ4n) is 4.06. The maximum absolute atomic E-state index is 12.8. The molecule has 5 nitrogen and oxygen atoms in total. The number of benzene rings is 1. The SMILES string of the molecule is O=C(NC1CC1)C(Cc1ccccc1)NC(=O)C1CC12CCNCC2. The second-order valence-electron chi connectivity index (χ2n) is 7.90. The van der Waals surface area contributed by atoms with Crippen LogP contribution < -0.4 is 16.0 Å². The molecule has 2 saturated carbocycles. The smallest absolute Gasteiger partial charge is 0.243 e. The van der Waals surface area contributed by atoms with Gasteiger partial charge in [-0.05, 0) is 56.2 Å². The highest BCUT2D eigenvalue weighted by atomic mass is 16.2. The molecule has 1 aliphatic heterocycles. The van der Waals surface area contributed by atoms with Crippen molar-refractivity contribution in [3.63, 3.8) is 0 Å². The summed E-state index contributed by atoms with van der Waals surface area (Å²) in [5.74, 6) is 0.107. The van der Waals surface area contributed by atoms with Crippen LogP contribution in [0.25, 0.3) is 0 Å². The number of carbonyl (C=O) groups excluding carboxylic acids is 2. The van der Waals surface area contributed by atoms with Crippen LogP contribution >= 0.6 is 0 Å². The summed E-state index contributed by atoms with van der Waals surface area (Å²) < 4.78 is 0. The van der Waals surface area contributed by atoms with Gasteiger partial charge in [-0.2, -0.15) is 0 Å². The van der Waals surface area contributed by atoms with Gasteiger partial charge in [0.05, 0.1) is 0 Å². The molecule has 0 radical (unpaired) electrons. The number of nitrogens with one attached hydrogen (secondary N) is 3. The van der Waals surface area contributed by atoms with Gasteiger partial charge < -0.3 is 16.0 Å². The predicted molar refractivity (Wildman–Crippen MR) is 95.9 cm³/mol. The molecule has 3 aliphatic rings. The van der Waals surface area contributed by atoms with Gasteiger partial charge in [0.2, 0.25) is 11.8 Å². The fraction of sp³-hybridized carbons (Fsp3) is 0.600. The molecule has 0 aromatic heterocycles. The quantitative estimate of drug-likeness (QED) is 0.732. The van der Waals surface area contributed by atoms with Crippen LogP contribution in [0.4, 0.5) is 0 Å². The van der Waals surface area contributed by atoms with Crippen LogP contribution in [0.5, 0.6) is 0 Å². The lowest BCUT2D eigenvalue weighted by molar-refractivity contribution is -0.130. The van der Waals surface area contributed by atoms with Crippen LogP contribution in [0.3, 0.4) is 0 Å². The zero-order chi connectivity index (χ0) is 17.3. The van der Waals surface area contributed by atoms with Crippen molar-refractivity contribution in [2.24, 2.45) is 11.3 Å². The van der Waals surface area contributed by atoms with E-state index in [1.165, 1.54) is 0 Å². The van der Waals surface area contributed by atoms with E-state index in [-0.39, 0.29) is 23.1 Å². The molecular weight excluding hydrogens is 314 g/mol. The monoisotopic (exact) mass is 341 g/mol. The summed E-state index contributed by atoms with van der Waals surface area (Å²) in [6.45, 7) is 2.00. The highest BCUT2D eigenvalue weighted by Gasteiger charge is 2.57. The molecule has 25 heavy (non-hydrogen) atoms. The van der Waals surface area contributed by atoms with Crippen molar-refractivity contribution in [2.75, 3.05) is 13.1 Å². The molecule has 1 heterocycles. The summed E-state index contributed by atoms with van der Waals surface area (Å²) in [5, 5.41) is 9.47. The number of hydrogen-bond acceptors (Lipinski definition) is 3. The minimum Gasteiger partial charge on any atom is -0.352 e. The Morgan fingerprint density at radius 2 is 1.88 bits per heavy atom. The third-order valence-corrected chi connectivity index (χ3v) is 5.94. The Hall–Kier alpha value is -1.88. The van der Waals surface area contributed by atoms with Crippen molar-refractivity contribution >= 4 is 11.8 Å². The van der Waals surface area contributed by atoms with E-state index in [9.17, 15) is 9.59 Å². The van der Waals surface area contributed by atoms with E-state index < -0.39 is 6.04 Å². The van der Waals surface area contributed by atoms with Gasteiger partial charge in [-0.15, -0.1) is 0 Å². The molecule has 134 valence electrons. The van der Waals surface area contributed by atoms with Crippen LogP contribution in [0.2, 0.25) is 0 Å². The topological polar surface area (TPSA) is 70.2 Å². The van der Waals surface area contributed by atoms with Crippen LogP contribution in [0.1, 0.15) is 37.7 Å². The Balaban J connectivity index is 1.40. The van der Waals surface area contributed by atoms with Gasteiger partial charge in [0, 0.05) is 18.4 Å². The van der Waals surface area contributed by atoms with E-state index >= 15 is 0 Å². The van der Waals surface area contributed by atoms with Crippen LogP contribution in [0.15, 0.2) is 30.3 Å². The maximum Gasteiger partial charge on any atom is 0.243 e. The molecule has 1 spiro atoms. The Labute approximate surface area is 148 Å². The van der Waals surface area contributed by atoms with E-state index in [1.807, 2.05) is 30.3 Å². The van der Waals surface area contributed by atoms with Crippen LogP contribution in [-0.2, 0) is 16.0 Å². The molecule has 1 aromatic rings. The molecule has 5 heteroatoms. The van der Waals surface area contributed by atoms with Crippen molar-refractivity contribution in [3.8, 4) is 0 Å². The average molecular weight is 341 g/mol. The second-order valence-corrected chi connectivity index (χ2v) is 7.90. The van der Waals surface area contributed by atoms with E-state index in [2.05, 4.69) is 16.0 Å². The summed E-state index contributed by atoms with van der Waals surface area (Å²) in [7, 11) is 0. The lowest BCUT2D eigenvalue weighted by Gasteiger charge is -2.24. The molecular formula is C20H27N3O2. The van der Waals surface area contributed by atoms with Crippen molar-refractivity contribution < 1.29 is 9.59 Å². The predicted octanol–water partition coefficient (Wildman–Crippen LogP) is 1.38. The first-order valence-corrected chi connectivity index (χ1v) is 9.52. The summed E-state index contributed by atoms with van der Waals surface area (Å²) in [6, 6.07) is 9.75. The second kappa shape index (κ2) is 6.79. The summed E-state index contributed by atoms with van der Waals surface area (Å²) in [5.41, 5.74) is 1.27. The normalized spacial score (nSPS) is 25.2. The molecule has 2 unspecified atom stereocenters. The highest BCUT2D eigenvalue weighted by Crippen LogP contribution is 2.58. The Kier molecular flexibility index (Phi) is 4.50. The van der Waals surface area contributed by atoms with Gasteiger partial charge in [-0.3, -0.25) is 9.59 Å². The molecule has 3 N–H and O–H groups in total. The third-order valence-electron chi connectivity index (χ3n) is 5.94. The van der Waals surface area contributed by atoms with E-state index in [1.54, 1.807) is 0 Å². The zero-order valence-electron chi connectivity index (χ0n) is 14.6. The maximum atomic E-state index is 12.8. The van der Waals surface area contributed by atoms with Gasteiger partial charge in [0.25, 0.3) is 0 Å². The van der Waals surface area contributed by atoms with Gasteiger partial charge in [0.15, 0.2) is 0 Å². The molecule has 3 fully saturated rings. The molecule has 2 aliphatic carbocycles. The van der Waals surface area contributed by atoms with Crippen molar-refractivity contribution in [1.82, 2.24) is 16.0 Å². The zero-order valence-corrected chi connectivity index (χ0v) is 14.6. The summed E-state index contributed by atoms with van der Waals surface area (Å²) in [6.07, 6.45) is 5.77. The minimum absolute atomic E-state index is 0.0419. The molecule has 1 saturated heterocycles. The van der Waals surface area contributed by atoms with Crippen molar-refractivity contribution in [1.29, 1.82) is 0 Å². The lowest BCUT2D eigenvalue weighted by Crippen LogP contribution is -2.49. The fourth-order valence-corrected chi connectivity index (χ4v) is 4.06. The largest absolute Gasteiger partial charge is 0.352 e. The Bertz CT molecular complexity index is 636. The summed E-state index contributed by atoms with van der Waals surface area (Å²) in [4.78, 5) is 25.4. The standard InChI is InChI=1S/C20H27N3O2/c24-18(16-13-20(16)8-10-21-11-9-20)23-17(19(25)22-15-6-7-15)12-14-4-2-1-3-5-14/h1-5,15-17,21H,6-13H2,(H,22,25)(H,23,24). The van der Waals surface area contributed by atoms with Crippen LogP contribution in [-0.4, -0.2) is 37.0 Å². The third kappa shape index (κ3) is 3.87. The first-order valence-electron chi connectivity index (χ1n) is 9.52. The van der Waals surface area contributed by atoms with Gasteiger partial charge in [-0.1, -0.05) is 30.3 Å². The van der Waals surface area contributed by atoms with Crippen LogP contribution in [0, 0.1) is 11.3 Å². The first-order chi connectivity index (χ1) is 12.2. The molecule has 2 atom stereocenters. The Morgan fingerprint density at radius 3 is 2.56 bits per heavy atom. The number of carbonyl (C=O) groups is 2. The Morgan fingerprint density at radius 1 is 1.16 bits per heavy atom.